The van der Waals surface area contributed by atoms with Crippen molar-refractivity contribution in [2.45, 2.75) is 89.5 Å². The van der Waals surface area contributed by atoms with Gasteiger partial charge in [-0.1, -0.05) is 39.3 Å². The fourth-order valence-electron chi connectivity index (χ4n) is 6.58. The van der Waals surface area contributed by atoms with Gasteiger partial charge in [0, 0.05) is 13.1 Å². The van der Waals surface area contributed by atoms with Crippen LogP contribution in [0.1, 0.15) is 66.2 Å². The van der Waals surface area contributed by atoms with Crippen molar-refractivity contribution < 1.29 is 29.0 Å². The van der Waals surface area contributed by atoms with Crippen LogP contribution in [0.25, 0.3) is 0 Å². The van der Waals surface area contributed by atoms with Crippen LogP contribution in [0.15, 0.2) is 25.3 Å². The van der Waals surface area contributed by atoms with Crippen LogP contribution in [0.3, 0.4) is 0 Å². The molecule has 0 saturated carbocycles. The number of esters is 1. The molecule has 3 rings (SSSR count). The highest BCUT2D eigenvalue weighted by Gasteiger charge is 2.80. The summed E-state index contributed by atoms with van der Waals surface area (Å²) in [6, 6.07) is -1.45. The van der Waals surface area contributed by atoms with Gasteiger partial charge in [0.15, 0.2) is 0 Å². The molecule has 8 heteroatoms. The maximum absolute atomic E-state index is 14.2. The third kappa shape index (κ3) is 4.51. The number of hydrogen-bond acceptors (Lipinski definition) is 6. The van der Waals surface area contributed by atoms with Gasteiger partial charge < -0.3 is 24.4 Å². The highest BCUT2D eigenvalue weighted by atomic mass is 16.6. The summed E-state index contributed by atoms with van der Waals surface area (Å²) in [5.74, 6) is -2.64. The first-order chi connectivity index (χ1) is 17.2. The van der Waals surface area contributed by atoms with Crippen LogP contribution in [0.4, 0.5) is 0 Å². The van der Waals surface area contributed by atoms with Crippen LogP contribution < -0.4 is 0 Å². The first kappa shape index (κ1) is 28.4. The van der Waals surface area contributed by atoms with Crippen LogP contribution >= 0.6 is 0 Å². The maximum atomic E-state index is 14.2. The Morgan fingerprint density at radius 2 is 2.03 bits per heavy atom. The average molecular weight is 505 g/mol. The van der Waals surface area contributed by atoms with Gasteiger partial charge in [0.2, 0.25) is 11.8 Å². The van der Waals surface area contributed by atoms with Gasteiger partial charge in [0.25, 0.3) is 0 Å². The first-order valence-corrected chi connectivity index (χ1v) is 13.5. The van der Waals surface area contributed by atoms with Gasteiger partial charge in [0.1, 0.15) is 17.6 Å². The molecule has 202 valence electrons. The summed E-state index contributed by atoms with van der Waals surface area (Å²) in [5.41, 5.74) is -2.05. The van der Waals surface area contributed by atoms with Crippen molar-refractivity contribution in [3.63, 3.8) is 0 Å². The van der Waals surface area contributed by atoms with E-state index in [4.69, 9.17) is 9.47 Å². The van der Waals surface area contributed by atoms with E-state index >= 15 is 0 Å². The molecule has 3 saturated heterocycles. The second-order valence-corrected chi connectivity index (χ2v) is 10.7. The quantitative estimate of drug-likeness (QED) is 0.222. The van der Waals surface area contributed by atoms with Gasteiger partial charge in [-0.05, 0) is 44.9 Å². The normalized spacial score (nSPS) is 33.4. The first-order valence-electron chi connectivity index (χ1n) is 13.5. The Morgan fingerprint density at radius 1 is 1.31 bits per heavy atom. The van der Waals surface area contributed by atoms with Crippen molar-refractivity contribution in [1.29, 1.82) is 0 Å². The molecule has 7 atom stereocenters. The highest BCUT2D eigenvalue weighted by molar-refractivity contribution is 5.98. The Kier molecular flexibility index (Phi) is 9.04. The SMILES string of the molecule is C=CCCCOC(=O)[C@@H]1[C@H]2C(=O)N([C@@H](CC)CO)C(C(=O)N(CC=C)CCCC)C23CC(C)[C@@]1(C)O3. The number of hydrogen-bond donors (Lipinski definition) is 1. The van der Waals surface area contributed by atoms with Gasteiger partial charge in [0.05, 0.1) is 30.8 Å². The summed E-state index contributed by atoms with van der Waals surface area (Å²) >= 11 is 0. The van der Waals surface area contributed by atoms with E-state index in [1.807, 2.05) is 20.8 Å². The second-order valence-electron chi connectivity index (χ2n) is 10.7. The van der Waals surface area contributed by atoms with Gasteiger partial charge in [-0.25, -0.2) is 0 Å². The third-order valence-electron chi connectivity index (χ3n) is 8.56. The van der Waals surface area contributed by atoms with E-state index in [0.29, 0.717) is 32.4 Å². The lowest BCUT2D eigenvalue weighted by Gasteiger charge is -2.39. The number of rotatable bonds is 14. The number of likely N-dealkylation sites (tertiary alicyclic amines) is 1. The summed E-state index contributed by atoms with van der Waals surface area (Å²) in [5, 5.41) is 10.2. The zero-order chi connectivity index (χ0) is 26.7. The predicted octanol–water partition coefficient (Wildman–Crippen LogP) is 3.09. The number of ether oxygens (including phenoxy) is 2. The lowest BCUT2D eigenvalue weighted by atomic mass is 9.62. The smallest absolute Gasteiger partial charge is 0.312 e. The number of amides is 2. The topological polar surface area (TPSA) is 96.4 Å². The van der Waals surface area contributed by atoms with Gasteiger partial charge in [-0.2, -0.15) is 0 Å². The number of nitrogens with zero attached hydrogens (tertiary/aromatic N) is 2. The summed E-state index contributed by atoms with van der Waals surface area (Å²) in [7, 11) is 0. The Morgan fingerprint density at radius 3 is 2.61 bits per heavy atom. The molecule has 0 aromatic carbocycles. The molecule has 3 unspecified atom stereocenters. The van der Waals surface area contributed by atoms with Crippen molar-refractivity contribution in [3.05, 3.63) is 25.3 Å². The summed E-state index contributed by atoms with van der Waals surface area (Å²) in [6.45, 7) is 16.2. The molecule has 2 amide bonds. The molecule has 3 heterocycles. The zero-order valence-electron chi connectivity index (χ0n) is 22.4. The van der Waals surface area contributed by atoms with E-state index in [-0.39, 0.29) is 30.9 Å². The fraction of sp³-hybridized carbons (Fsp3) is 0.750. The standard InChI is InChI=1S/C28H44N2O6/c1-7-11-13-16-35-26(34)22-21-24(32)30(20(10-4)18-31)23(25(33)29(14-9-3)15-12-8-2)28(21)17-19(5)27(22,6)36-28/h7,9,19-23,31H,1,3,8,10-18H2,2,4-6H3/t19?,20-,21-,22-,23?,27+,28?/m0/s1. The molecule has 2 bridgehead atoms. The Labute approximate surface area is 215 Å². The number of unbranched alkanes of at least 4 members (excludes halogenated alkanes) is 2. The van der Waals surface area contributed by atoms with Gasteiger partial charge >= 0.3 is 5.97 Å². The molecule has 8 nitrogen and oxygen atoms in total. The molecule has 3 aliphatic heterocycles. The molecule has 3 aliphatic rings. The highest BCUT2D eigenvalue weighted by Crippen LogP contribution is 2.65. The molecule has 0 aliphatic carbocycles. The van der Waals surface area contributed by atoms with Crippen LogP contribution in [-0.4, -0.2) is 82.3 Å². The Bertz CT molecular complexity index is 857. The van der Waals surface area contributed by atoms with E-state index in [0.717, 1.165) is 19.3 Å². The number of aliphatic hydroxyl groups is 1. The average Bonchev–Trinajstić information content (AvgIpc) is 3.37. The van der Waals surface area contributed by atoms with Crippen LogP contribution in [0.5, 0.6) is 0 Å². The number of aliphatic hydroxyl groups excluding tert-OH is 1. The summed E-state index contributed by atoms with van der Waals surface area (Å²) < 4.78 is 12.4. The van der Waals surface area contributed by atoms with Crippen molar-refractivity contribution >= 4 is 17.8 Å². The molecular formula is C28H44N2O6. The summed E-state index contributed by atoms with van der Waals surface area (Å²) in [4.78, 5) is 45.0. The van der Waals surface area contributed by atoms with Crippen LogP contribution in [-0.2, 0) is 23.9 Å². The van der Waals surface area contributed by atoms with E-state index in [2.05, 4.69) is 20.1 Å². The predicted molar refractivity (Wildman–Crippen MR) is 137 cm³/mol. The molecular weight excluding hydrogens is 460 g/mol. The lowest BCUT2D eigenvalue weighted by molar-refractivity contribution is -0.163. The van der Waals surface area contributed by atoms with Crippen molar-refractivity contribution in [2.75, 3.05) is 26.3 Å². The second kappa shape index (κ2) is 11.5. The zero-order valence-corrected chi connectivity index (χ0v) is 22.4. The number of fused-ring (bicyclic) bond motifs is 1. The minimum absolute atomic E-state index is 0.0553. The van der Waals surface area contributed by atoms with E-state index in [9.17, 15) is 19.5 Å². The third-order valence-corrected chi connectivity index (χ3v) is 8.56. The molecule has 3 fully saturated rings. The largest absolute Gasteiger partial charge is 0.465 e. The van der Waals surface area contributed by atoms with Gasteiger partial charge in [-0.3, -0.25) is 14.4 Å². The van der Waals surface area contributed by atoms with Crippen molar-refractivity contribution in [2.24, 2.45) is 17.8 Å². The molecule has 0 aromatic heterocycles. The van der Waals surface area contributed by atoms with Crippen LogP contribution in [0.2, 0.25) is 0 Å². The molecule has 0 aromatic rings. The van der Waals surface area contributed by atoms with E-state index in [1.54, 1.807) is 17.1 Å². The number of carbonyl (C=O) groups excluding carboxylic acids is 3. The molecule has 0 radical (unpaired) electrons. The minimum Gasteiger partial charge on any atom is -0.465 e. The van der Waals surface area contributed by atoms with Crippen molar-refractivity contribution in [3.8, 4) is 0 Å². The van der Waals surface area contributed by atoms with E-state index < -0.39 is 41.1 Å². The van der Waals surface area contributed by atoms with E-state index in [1.165, 1.54) is 4.90 Å². The Balaban J connectivity index is 2.06. The monoisotopic (exact) mass is 504 g/mol. The fourth-order valence-corrected chi connectivity index (χ4v) is 6.58. The van der Waals surface area contributed by atoms with Crippen molar-refractivity contribution in [1.82, 2.24) is 9.80 Å². The van der Waals surface area contributed by atoms with Crippen LogP contribution in [0, 0.1) is 17.8 Å². The molecule has 1 spiro atoms. The molecule has 36 heavy (non-hydrogen) atoms. The Hall–Kier alpha value is -2.19. The van der Waals surface area contributed by atoms with Gasteiger partial charge in [-0.15, -0.1) is 13.2 Å². The number of carbonyl (C=O) groups is 3. The summed E-state index contributed by atoms with van der Waals surface area (Å²) in [6.07, 6.45) is 7.55. The number of allylic oxidation sites excluding steroid dienone is 1. The molecule has 1 N–H and O–H groups in total. The maximum Gasteiger partial charge on any atom is 0.312 e. The lowest BCUT2D eigenvalue weighted by Crippen LogP contribution is -2.59. The minimum atomic E-state index is -1.14.